The molecule has 0 bridgehead atoms. The number of thiazole rings is 1. The number of aliphatic carboxylic acids is 1. The van der Waals surface area contributed by atoms with E-state index in [0.717, 1.165) is 42.7 Å². The fourth-order valence-corrected chi connectivity index (χ4v) is 11.3. The molecule has 1 aromatic heterocycles. The number of likely N-dealkylation sites (N-methyl/N-ethyl adjacent to an activating group) is 2. The van der Waals surface area contributed by atoms with Crippen LogP contribution in [0.15, 0.2) is 29.6 Å². The van der Waals surface area contributed by atoms with Crippen molar-refractivity contribution in [2.24, 2.45) is 23.5 Å². The molecular weight excluding hydrogens is 1030 g/mol. The second-order valence-electron chi connectivity index (χ2n) is 21.1. The van der Waals surface area contributed by atoms with Crippen LogP contribution in [0.5, 0.6) is 0 Å². The zero-order valence-electron chi connectivity index (χ0n) is 46.6. The predicted molar refractivity (Wildman–Crippen MR) is 298 cm³/mol. The number of amides is 7. The van der Waals surface area contributed by atoms with Crippen LogP contribution in [0.1, 0.15) is 159 Å². The van der Waals surface area contributed by atoms with Gasteiger partial charge in [-0.15, -0.1) is 11.3 Å². The van der Waals surface area contributed by atoms with Gasteiger partial charge >= 0.3 is 11.9 Å². The zero-order valence-corrected chi connectivity index (χ0v) is 48.2. The number of unbranched alkanes of at least 4 members (excludes halogenated alkanes) is 3. The van der Waals surface area contributed by atoms with Gasteiger partial charge in [-0.1, -0.05) is 66.0 Å². The monoisotopic (exact) mass is 1110 g/mol. The maximum absolute atomic E-state index is 14.4. The standard InChI is InChI=1S/C55H85N9O11S2/c1-10-34(4)48(61-51(70)42-19-14-17-26-62(42)7)54(72)63(8)43(33(2)3)30-44(75-36(6)65)52-60-41(32-77-52)50(69)58-39(28-35(5)55(73)74)29-37-21-23-38(24-22-37)57-49(68)40(18-13-15-25-56)59-46(66)20-12-11-16-27-64-47(67)31-45(76-9)53(64)71/h21-24,32-35,39-40,42-45,48H,10-20,25-31,56H2,1-9H3,(H,57,68)(H,58,69)(H,59,66)(H,61,70)(H,73,74)/t34-,35?,39+,40-,42+,43+,44+,45?,48-/m0/s1. The molecule has 1 aromatic carbocycles. The lowest BCUT2D eigenvalue weighted by atomic mass is 9.92. The Morgan fingerprint density at radius 1 is 0.961 bits per heavy atom. The summed E-state index contributed by atoms with van der Waals surface area (Å²) in [7, 11) is 3.62. The first-order valence-corrected chi connectivity index (χ1v) is 29.4. The molecule has 7 amide bonds. The van der Waals surface area contributed by atoms with E-state index in [9.17, 15) is 48.3 Å². The number of carboxylic acid groups (broad SMARTS) is 1. The molecule has 0 saturated carbocycles. The molecule has 20 nitrogen and oxygen atoms in total. The number of rotatable bonds is 32. The van der Waals surface area contributed by atoms with E-state index in [1.807, 2.05) is 45.9 Å². The third-order valence-electron chi connectivity index (χ3n) is 14.7. The minimum atomic E-state index is -1.04. The number of likely N-dealkylation sites (tertiary alicyclic amines) is 2. The number of hydrogen-bond acceptors (Lipinski definition) is 15. The number of nitrogens with zero attached hydrogens (tertiary/aromatic N) is 4. The second kappa shape index (κ2) is 31.8. The predicted octanol–water partition coefficient (Wildman–Crippen LogP) is 5.69. The maximum atomic E-state index is 14.4. The van der Waals surface area contributed by atoms with Crippen molar-refractivity contribution in [3.63, 3.8) is 0 Å². The van der Waals surface area contributed by atoms with Crippen molar-refractivity contribution >= 4 is 82.1 Å². The van der Waals surface area contributed by atoms with Crippen LogP contribution >= 0.6 is 23.1 Å². The van der Waals surface area contributed by atoms with Crippen molar-refractivity contribution in [2.45, 2.75) is 179 Å². The van der Waals surface area contributed by atoms with E-state index in [4.69, 9.17) is 10.5 Å². The molecule has 77 heavy (non-hydrogen) atoms. The van der Waals surface area contributed by atoms with E-state index in [1.165, 1.54) is 23.6 Å². The normalized spacial score (nSPS) is 18.6. The molecule has 2 aliphatic rings. The number of thioether (sulfide) groups is 1. The molecule has 0 aliphatic carbocycles. The molecular formula is C55H85N9O11S2. The molecule has 2 saturated heterocycles. The Bertz CT molecular complexity index is 2320. The van der Waals surface area contributed by atoms with E-state index in [-0.39, 0.29) is 90.5 Å². The number of nitrogens with one attached hydrogen (secondary N) is 4. The van der Waals surface area contributed by atoms with Gasteiger partial charge in [0.15, 0.2) is 6.10 Å². The van der Waals surface area contributed by atoms with Crippen LogP contribution in [0.25, 0.3) is 0 Å². The van der Waals surface area contributed by atoms with Gasteiger partial charge in [0.05, 0.1) is 17.2 Å². The molecule has 0 radical (unpaired) electrons. The van der Waals surface area contributed by atoms with Crippen molar-refractivity contribution < 1.29 is 53.0 Å². The summed E-state index contributed by atoms with van der Waals surface area (Å²) in [6.07, 6.45) is 8.43. The maximum Gasteiger partial charge on any atom is 0.306 e. The Morgan fingerprint density at radius 3 is 2.29 bits per heavy atom. The lowest BCUT2D eigenvalue weighted by molar-refractivity contribution is -0.149. The van der Waals surface area contributed by atoms with Crippen LogP contribution in [0.2, 0.25) is 0 Å². The van der Waals surface area contributed by atoms with Gasteiger partial charge in [-0.3, -0.25) is 53.0 Å². The van der Waals surface area contributed by atoms with Crippen LogP contribution in [-0.4, -0.2) is 154 Å². The quantitative estimate of drug-likeness (QED) is 0.0292. The highest BCUT2D eigenvalue weighted by molar-refractivity contribution is 8.00. The molecule has 2 aromatic rings. The summed E-state index contributed by atoms with van der Waals surface area (Å²) in [4.78, 5) is 127. The Labute approximate surface area is 462 Å². The van der Waals surface area contributed by atoms with Gasteiger partial charge in [0.2, 0.25) is 35.4 Å². The number of carbonyl (C=O) groups excluding carboxylic acids is 8. The summed E-state index contributed by atoms with van der Waals surface area (Å²) in [5.74, 6) is -4.73. The topological polar surface area (TPSA) is 280 Å². The van der Waals surface area contributed by atoms with Crippen LogP contribution in [-0.2, 0) is 49.5 Å². The molecule has 3 heterocycles. The number of imide groups is 1. The zero-order chi connectivity index (χ0) is 56.9. The highest BCUT2D eigenvalue weighted by Crippen LogP contribution is 2.32. The van der Waals surface area contributed by atoms with Crippen LogP contribution in [0.3, 0.4) is 0 Å². The third kappa shape index (κ3) is 19.8. The van der Waals surface area contributed by atoms with E-state index >= 15 is 0 Å². The number of esters is 1. The number of benzene rings is 1. The van der Waals surface area contributed by atoms with E-state index in [1.54, 1.807) is 48.5 Å². The first-order chi connectivity index (χ1) is 36.6. The summed E-state index contributed by atoms with van der Waals surface area (Å²) in [6.45, 7) is 12.2. The molecule has 2 aliphatic heterocycles. The van der Waals surface area contributed by atoms with Crippen LogP contribution < -0.4 is 27.0 Å². The smallest absolute Gasteiger partial charge is 0.306 e. The number of carbonyl (C=O) groups is 9. The minimum absolute atomic E-state index is 0.0383. The van der Waals surface area contributed by atoms with Gasteiger partial charge < -0.3 is 41.7 Å². The van der Waals surface area contributed by atoms with Gasteiger partial charge in [0.1, 0.15) is 22.8 Å². The van der Waals surface area contributed by atoms with Gasteiger partial charge in [-0.2, -0.15) is 11.8 Å². The number of piperidine rings is 1. The number of hydrogen-bond donors (Lipinski definition) is 6. The minimum Gasteiger partial charge on any atom is -0.481 e. The number of carboxylic acids is 1. The van der Waals surface area contributed by atoms with Crippen molar-refractivity contribution in [3.05, 3.63) is 45.9 Å². The van der Waals surface area contributed by atoms with Crippen LogP contribution in [0, 0.1) is 17.8 Å². The van der Waals surface area contributed by atoms with E-state index in [0.29, 0.717) is 68.7 Å². The number of anilines is 1. The molecule has 22 heteroatoms. The lowest BCUT2D eigenvalue weighted by Gasteiger charge is -2.38. The number of ether oxygens (including phenoxy) is 1. The summed E-state index contributed by atoms with van der Waals surface area (Å²) in [5.41, 5.74) is 6.96. The summed E-state index contributed by atoms with van der Waals surface area (Å²) in [5, 5.41) is 23.2. The largest absolute Gasteiger partial charge is 0.481 e. The average Bonchev–Trinajstić information content (AvgIpc) is 4.00. The highest BCUT2D eigenvalue weighted by atomic mass is 32.2. The third-order valence-corrected chi connectivity index (χ3v) is 16.6. The SMILES string of the molecule is CC[C@H](C)[C@H](NC(=O)[C@H]1CCCCN1C)C(=O)N(C)[C@H](C[C@@H](OC(C)=O)c1nc(C(=O)N[C@@H](Cc2ccc(NC(=O)[C@H](CCCCN)NC(=O)CCCCCN3C(=O)CC(SC)C3=O)cc2)CC(C)C(=O)O)cs1)C(C)C. The Balaban J connectivity index is 1.41. The summed E-state index contributed by atoms with van der Waals surface area (Å²) >= 11 is 2.49. The first-order valence-electron chi connectivity index (χ1n) is 27.3. The summed E-state index contributed by atoms with van der Waals surface area (Å²) in [6, 6.07) is 3.86. The van der Waals surface area contributed by atoms with E-state index in [2.05, 4.69) is 26.3 Å². The molecule has 0 spiro atoms. The second-order valence-corrected chi connectivity index (χ2v) is 23.0. The average molecular weight is 1110 g/mol. The molecule has 4 rings (SSSR count). The number of nitrogens with two attached hydrogens (primary N) is 1. The number of aromatic nitrogens is 1. The fourth-order valence-electron chi connectivity index (χ4n) is 9.81. The first kappa shape index (κ1) is 64.1. The molecule has 7 N–H and O–H groups in total. The Kier molecular flexibility index (Phi) is 26.5. The highest BCUT2D eigenvalue weighted by Gasteiger charge is 2.39. The van der Waals surface area contributed by atoms with Crippen LogP contribution in [0.4, 0.5) is 5.69 Å². The van der Waals surface area contributed by atoms with E-state index < -0.39 is 59.9 Å². The van der Waals surface area contributed by atoms with Gasteiger partial charge in [0, 0.05) is 62.9 Å². The fraction of sp³-hybridized carbons (Fsp3) is 0.673. The van der Waals surface area contributed by atoms with Gasteiger partial charge in [0.25, 0.3) is 5.91 Å². The van der Waals surface area contributed by atoms with Gasteiger partial charge in [-0.25, -0.2) is 4.98 Å². The van der Waals surface area contributed by atoms with Crippen molar-refractivity contribution in [3.8, 4) is 0 Å². The summed E-state index contributed by atoms with van der Waals surface area (Å²) < 4.78 is 5.83. The molecule has 428 valence electrons. The van der Waals surface area contributed by atoms with Crippen molar-refractivity contribution in [1.82, 2.24) is 35.6 Å². The molecule has 9 atom stereocenters. The van der Waals surface area contributed by atoms with Crippen molar-refractivity contribution in [1.29, 1.82) is 0 Å². The molecule has 2 unspecified atom stereocenters. The molecule has 2 fully saturated rings. The van der Waals surface area contributed by atoms with Gasteiger partial charge in [-0.05, 0) is 114 Å². The lowest BCUT2D eigenvalue weighted by Crippen LogP contribution is -2.58. The van der Waals surface area contributed by atoms with Crippen molar-refractivity contribution in [2.75, 3.05) is 45.3 Å². The Hall–Kier alpha value is -5.45. The Morgan fingerprint density at radius 2 is 1.68 bits per heavy atom.